The van der Waals surface area contributed by atoms with Gasteiger partial charge in [0.2, 0.25) is 23.7 Å². The van der Waals surface area contributed by atoms with E-state index in [1.807, 2.05) is 33.1 Å². The van der Waals surface area contributed by atoms with Crippen molar-refractivity contribution in [2.75, 3.05) is 34.4 Å². The van der Waals surface area contributed by atoms with Crippen molar-refractivity contribution in [3.63, 3.8) is 0 Å². The van der Waals surface area contributed by atoms with Crippen LogP contribution >= 0.6 is 0 Å². The van der Waals surface area contributed by atoms with E-state index in [0.29, 0.717) is 11.1 Å². The lowest BCUT2D eigenvalue weighted by molar-refractivity contribution is -0.137. The van der Waals surface area contributed by atoms with Crippen LogP contribution in [-0.2, 0) is 19.2 Å². The number of hydrogen-bond acceptors (Lipinski definition) is 16. The van der Waals surface area contributed by atoms with Gasteiger partial charge in [-0.2, -0.15) is 19.9 Å². The van der Waals surface area contributed by atoms with Crippen LogP contribution in [0.15, 0.2) is 0 Å². The summed E-state index contributed by atoms with van der Waals surface area (Å²) in [7, 11) is 8.00. The summed E-state index contributed by atoms with van der Waals surface area (Å²) in [6.45, 7) is 0. The molecule has 2 saturated heterocycles. The van der Waals surface area contributed by atoms with Gasteiger partial charge in [0.15, 0.2) is 0 Å². The van der Waals surface area contributed by atoms with Crippen molar-refractivity contribution >= 4 is 94.7 Å². The van der Waals surface area contributed by atoms with E-state index in [4.69, 9.17) is 60.1 Å². The van der Waals surface area contributed by atoms with Crippen molar-refractivity contribution in [2.24, 2.45) is 5.41 Å². The third-order valence-corrected chi connectivity index (χ3v) is 6.09. The second-order valence-corrected chi connectivity index (χ2v) is 10.6. The second kappa shape index (κ2) is 38.6. The summed E-state index contributed by atoms with van der Waals surface area (Å²) in [5.41, 5.74) is 31.4. The maximum atomic E-state index is 12.1. The topological polar surface area (TPSA) is 358 Å². The van der Waals surface area contributed by atoms with Crippen LogP contribution in [0.3, 0.4) is 0 Å². The van der Waals surface area contributed by atoms with E-state index in [0.717, 1.165) is 0 Å². The Balaban J connectivity index is -0.000000443. The number of rotatable bonds is 0. The zero-order chi connectivity index (χ0) is 52.7. The number of nitrogen functional groups attached to an aromatic ring is 6. The molecule has 2 aromatic rings. The molecule has 8 amide bonds. The number of imide groups is 4. The van der Waals surface area contributed by atoms with Crippen LogP contribution in [0.2, 0.25) is 0 Å². The fraction of sp³-hybridized carbons (Fsp3) is 0.0800. The highest BCUT2D eigenvalue weighted by Crippen LogP contribution is 2.19. The summed E-state index contributed by atoms with van der Waals surface area (Å²) < 4.78 is 0. The average molecular weight is 955 g/mol. The molecule has 4 heterocycles. The first kappa shape index (κ1) is 66.9. The zero-order valence-corrected chi connectivity index (χ0v) is 36.0. The van der Waals surface area contributed by atoms with Crippen LogP contribution < -0.4 is 55.7 Å². The summed E-state index contributed by atoms with van der Waals surface area (Å²) in [6, 6.07) is -1.72. The van der Waals surface area contributed by atoms with Crippen molar-refractivity contribution in [1.82, 2.24) is 41.2 Å². The Hall–Kier alpha value is -12.7. The molecule has 0 bridgehead atoms. The van der Waals surface area contributed by atoms with Crippen molar-refractivity contribution in [1.29, 1.82) is 0 Å². The van der Waals surface area contributed by atoms with Gasteiger partial charge >= 0.3 is 12.1 Å². The number of nitrogens with zero attached hydrogens (tertiary/aromatic N) is 4. The van der Waals surface area contributed by atoms with Crippen LogP contribution in [0.5, 0.6) is 0 Å². The van der Waals surface area contributed by atoms with E-state index in [1.165, 1.54) is 0 Å². The van der Waals surface area contributed by atoms with Crippen LogP contribution in [0.25, 0.3) is 0 Å². The van der Waals surface area contributed by atoms with Gasteiger partial charge in [-0.25, -0.2) is 9.59 Å². The Labute approximate surface area is 427 Å². The number of barbiturate groups is 2. The first-order valence-corrected chi connectivity index (χ1v) is 17.4. The number of terminal acetylenes is 4. The molecule has 7 radical (unpaired) electrons. The van der Waals surface area contributed by atoms with E-state index in [-0.39, 0.29) is 64.9 Å². The van der Waals surface area contributed by atoms with Gasteiger partial charge in [0, 0.05) is 23.9 Å². The Bertz CT molecular complexity index is 3210. The molecular formula is C50H30B3N14O6. The number of aromatic nitrogens is 4. The van der Waals surface area contributed by atoms with Crippen LogP contribution in [0, 0.1) is 197 Å². The summed E-state index contributed by atoms with van der Waals surface area (Å²) in [6.07, 6.45) is 19.4. The van der Waals surface area contributed by atoms with Crippen LogP contribution in [-0.4, -0.2) is 79.5 Å². The number of amides is 8. The fourth-order valence-corrected chi connectivity index (χ4v) is 3.55. The molecule has 2 fully saturated rings. The lowest BCUT2D eigenvalue weighted by atomic mass is 9.81. The highest BCUT2D eigenvalue weighted by atomic mass is 16.2. The highest BCUT2D eigenvalue weighted by Gasteiger charge is 2.48. The van der Waals surface area contributed by atoms with Crippen LogP contribution in [0.4, 0.5) is 44.8 Å². The summed E-state index contributed by atoms with van der Waals surface area (Å²) in [5.74, 6) is 62.4. The molecule has 73 heavy (non-hydrogen) atoms. The summed E-state index contributed by atoms with van der Waals surface area (Å²) in [5, 5.41) is 7.61. The van der Waals surface area contributed by atoms with Gasteiger partial charge in [0.25, 0.3) is 17.2 Å². The standard InChI is InChI=1S/C20H4N2O3.2C12H7N5.C4H4N2O3.2CH4.B2.B/c1-3-5-7-9-11-13-15-20(16-14-12-10-8-6-4-2)17(23)21-19(25)22-18(20)24;2*1-2-3-4-5-6-7-8-9-10(13)16-12(15)17-11(9)14;7-2-1-3(8)6-4(9)5-2;;;1-2;/h1-2H,(H2,21,22,23,24,25);2*1H,(H6,13,14,15,16,17);1H2,(H2,5,6,7,8,9);2*1H4;;. The van der Waals surface area contributed by atoms with Gasteiger partial charge in [-0.05, 0) is 166 Å². The number of carbonyl (C=O) groups is 6. The molecule has 2 aliphatic rings. The largest absolute Gasteiger partial charge is 0.382 e. The minimum Gasteiger partial charge on any atom is -0.382 e. The van der Waals surface area contributed by atoms with Gasteiger partial charge in [-0.1, -0.05) is 14.9 Å². The van der Waals surface area contributed by atoms with Crippen LogP contribution in [0.1, 0.15) is 32.4 Å². The number of nitrogens with two attached hydrogens (primary N) is 6. The normalized spacial score (nSPS) is 9.86. The maximum Gasteiger partial charge on any atom is 0.328 e. The van der Waals surface area contributed by atoms with E-state index in [1.54, 1.807) is 0 Å². The Morgan fingerprint density at radius 1 is 0.411 bits per heavy atom. The molecular weight excluding hydrogens is 925 g/mol. The van der Waals surface area contributed by atoms with E-state index in [2.05, 4.69) is 189 Å². The van der Waals surface area contributed by atoms with E-state index in [9.17, 15) is 28.8 Å². The zero-order valence-electron chi connectivity index (χ0n) is 36.0. The van der Waals surface area contributed by atoms with Gasteiger partial charge in [-0.3, -0.25) is 40.4 Å². The highest BCUT2D eigenvalue weighted by molar-refractivity contribution is 6.75. The predicted molar refractivity (Wildman–Crippen MR) is 279 cm³/mol. The SMILES string of the molecule is C.C.C#CC#CC#CC#CC1(C#CC#CC#CC#C)C(=O)NC(=O)NC1=O.C#CC#CC#CC#Cc1c(N)nc(N)nc1N.C#CC#CC#CC#Cc1c(N)nc(N)nc1N.O=C1CC(=O)NC(=O)N1.[B].[B][B]. The quantitative estimate of drug-likeness (QED) is 0.0682. The molecule has 0 atom stereocenters. The molecule has 2 aliphatic heterocycles. The molecule has 0 spiro atoms. The lowest BCUT2D eigenvalue weighted by Gasteiger charge is -2.24. The average Bonchev–Trinajstić information content (AvgIpc) is 3.29. The number of nitrogens with one attached hydrogen (secondary N) is 4. The van der Waals surface area contributed by atoms with Crippen molar-refractivity contribution in [2.45, 2.75) is 21.3 Å². The van der Waals surface area contributed by atoms with E-state index < -0.39 is 41.1 Å². The number of hydrogen-bond donors (Lipinski definition) is 10. The third kappa shape index (κ3) is 26.8. The summed E-state index contributed by atoms with van der Waals surface area (Å²) in [4.78, 5) is 81.0. The first-order valence-electron chi connectivity index (χ1n) is 17.4. The summed E-state index contributed by atoms with van der Waals surface area (Å²) >= 11 is 0. The fourth-order valence-electron chi connectivity index (χ4n) is 3.55. The molecule has 20 nitrogen and oxygen atoms in total. The Morgan fingerprint density at radius 2 is 0.658 bits per heavy atom. The van der Waals surface area contributed by atoms with Gasteiger partial charge in [0.05, 0.1) is 0 Å². The molecule has 0 aliphatic carbocycles. The first-order chi connectivity index (χ1) is 33.5. The predicted octanol–water partition coefficient (Wildman–Crippen LogP) is -4.07. The number of urea groups is 2. The van der Waals surface area contributed by atoms with Crippen molar-refractivity contribution in [3.8, 4) is 191 Å². The molecule has 23 heteroatoms. The molecule has 0 aromatic carbocycles. The van der Waals surface area contributed by atoms with Crippen molar-refractivity contribution < 1.29 is 28.8 Å². The van der Waals surface area contributed by atoms with E-state index >= 15 is 0 Å². The van der Waals surface area contributed by atoms with Crippen molar-refractivity contribution in [3.05, 3.63) is 11.1 Å². The molecule has 4 rings (SSSR count). The second-order valence-electron chi connectivity index (χ2n) is 10.6. The monoisotopic (exact) mass is 955 g/mol. The van der Waals surface area contributed by atoms with Gasteiger partial charge in [0.1, 0.15) is 40.8 Å². The van der Waals surface area contributed by atoms with Gasteiger partial charge < -0.3 is 34.4 Å². The van der Waals surface area contributed by atoms with Gasteiger partial charge in [-0.15, -0.1) is 25.7 Å². The maximum absolute atomic E-state index is 12.1. The molecule has 0 saturated carbocycles. The molecule has 345 valence electrons. The molecule has 16 N–H and O–H groups in total. The number of anilines is 6. The molecule has 0 unspecified atom stereocenters. The Kier molecular flexibility index (Phi) is 35.4. The third-order valence-electron chi connectivity index (χ3n) is 6.09. The number of carbonyl (C=O) groups excluding carboxylic acids is 6. The Morgan fingerprint density at radius 3 is 0.932 bits per heavy atom. The molecule has 2 aromatic heterocycles. The minimum absolute atomic E-state index is 0. The lowest BCUT2D eigenvalue weighted by Crippen LogP contribution is -2.61. The smallest absolute Gasteiger partial charge is 0.328 e. The minimum atomic E-state index is -2.16.